The number of hydrogen-bond acceptors (Lipinski definition) is 8. The molecule has 290 valence electrons. The van der Waals surface area contributed by atoms with Gasteiger partial charge < -0.3 is 9.72 Å². The molecule has 4 aromatic heterocycles. The molecule has 7 rings (SSSR count). The van der Waals surface area contributed by atoms with E-state index in [0.717, 1.165) is 11.8 Å². The third kappa shape index (κ3) is 6.39. The van der Waals surface area contributed by atoms with Crippen molar-refractivity contribution in [2.45, 2.75) is 75.4 Å². The number of ether oxygens (including phenoxy) is 1. The monoisotopic (exact) mass is 818 g/mol. The summed E-state index contributed by atoms with van der Waals surface area (Å²) in [7, 11) is -8.39. The maximum absolute atomic E-state index is 16.4. The minimum Gasteiger partial charge on any atom is -0.472 e. The average molecular weight is 819 g/mol. The molecule has 0 saturated carbocycles. The van der Waals surface area contributed by atoms with Crippen LogP contribution in [0.4, 0.5) is 17.6 Å². The summed E-state index contributed by atoms with van der Waals surface area (Å²) in [5.74, 6) is 2.88. The maximum atomic E-state index is 16.4. The number of pyridine rings is 1. The summed E-state index contributed by atoms with van der Waals surface area (Å²) in [6, 6.07) is 15.1. The third-order valence-electron chi connectivity index (χ3n) is 10.5. The highest BCUT2D eigenvalue weighted by atomic mass is 32.2. The highest BCUT2D eigenvalue weighted by Gasteiger charge is 2.49. The van der Waals surface area contributed by atoms with Crippen molar-refractivity contribution >= 4 is 73.5 Å². The van der Waals surface area contributed by atoms with Gasteiger partial charge in [0.05, 0.1) is 33.9 Å². The Balaban J connectivity index is 1.60. The second-order valence-corrected chi connectivity index (χ2v) is 22.6. The number of aromatic amines is 1. The second-order valence-electron chi connectivity index (χ2n) is 14.5. The Morgan fingerprint density at radius 2 is 1.64 bits per heavy atom. The molecule has 4 heterocycles. The Labute approximate surface area is 326 Å². The van der Waals surface area contributed by atoms with Crippen LogP contribution in [0, 0.1) is 17.3 Å². The second kappa shape index (κ2) is 14.5. The number of nitrogens with one attached hydrogen (secondary N) is 1. The molecule has 0 aliphatic heterocycles. The molecule has 0 saturated heterocycles. The van der Waals surface area contributed by atoms with E-state index in [1.807, 2.05) is 36.6 Å². The van der Waals surface area contributed by atoms with Crippen molar-refractivity contribution in [1.82, 2.24) is 29.1 Å². The number of halogens is 4. The molecule has 0 unspecified atom stereocenters. The Bertz CT molecular complexity index is 2810. The number of fused-ring (bicyclic) bond motifs is 5. The molecule has 0 fully saturated rings. The zero-order chi connectivity index (χ0) is 40.3. The minimum absolute atomic E-state index is 0.00541. The predicted octanol–water partition coefficient (Wildman–Crippen LogP) is 10.4. The summed E-state index contributed by atoms with van der Waals surface area (Å²) in [6.07, 6.45) is 4.37. The Morgan fingerprint density at radius 1 is 0.946 bits per heavy atom. The Kier molecular flexibility index (Phi) is 10.2. The van der Waals surface area contributed by atoms with Crippen LogP contribution in [-0.4, -0.2) is 57.4 Å². The van der Waals surface area contributed by atoms with Gasteiger partial charge in [0.15, 0.2) is 5.16 Å². The molecule has 56 heavy (non-hydrogen) atoms. The van der Waals surface area contributed by atoms with Gasteiger partial charge in [-0.3, -0.25) is 4.98 Å². The van der Waals surface area contributed by atoms with Gasteiger partial charge in [0.2, 0.25) is 5.88 Å². The standard InChI is InChI=1S/C40H38F4N6O3S2Si/c1-22(2)56(23(3)4,24(5)6)18-16-27-30(41)14-13-26-19-31-29(20-46-50(31)55(51,52)40(42,43)44)33(32(26)27)36-35-28(15-17-45-36)34-37(47-35)48-39(54-7)49-38(34)53-21-25-11-9-8-10-12-25/h8-15,17,19-20,22-24H,21H2,1-7H3,(H,47,48,49). The van der Waals surface area contributed by atoms with Crippen molar-refractivity contribution in [3.63, 3.8) is 0 Å². The lowest BCUT2D eigenvalue weighted by atomic mass is 9.93. The van der Waals surface area contributed by atoms with E-state index >= 15 is 4.39 Å². The molecule has 7 aromatic rings. The lowest BCUT2D eigenvalue weighted by molar-refractivity contribution is -0.0448. The van der Waals surface area contributed by atoms with E-state index in [0.29, 0.717) is 27.1 Å². The summed E-state index contributed by atoms with van der Waals surface area (Å²) in [6.45, 7) is 13.0. The first kappa shape index (κ1) is 39.3. The van der Waals surface area contributed by atoms with Gasteiger partial charge >= 0.3 is 15.5 Å². The Morgan fingerprint density at radius 3 is 2.29 bits per heavy atom. The van der Waals surface area contributed by atoms with Crippen LogP contribution in [0.15, 0.2) is 72.1 Å². The zero-order valence-electron chi connectivity index (χ0n) is 31.6. The van der Waals surface area contributed by atoms with Gasteiger partial charge in [-0.05, 0) is 52.0 Å². The number of aromatic nitrogens is 6. The van der Waals surface area contributed by atoms with Crippen LogP contribution in [0.5, 0.6) is 5.88 Å². The smallest absolute Gasteiger partial charge is 0.472 e. The molecule has 1 N–H and O–H groups in total. The zero-order valence-corrected chi connectivity index (χ0v) is 34.2. The topological polar surface area (TPSA) is 116 Å². The first-order valence-electron chi connectivity index (χ1n) is 17.9. The van der Waals surface area contributed by atoms with Gasteiger partial charge in [-0.1, -0.05) is 95.6 Å². The summed E-state index contributed by atoms with van der Waals surface area (Å²) in [5.41, 5.74) is 0.281. The maximum Gasteiger partial charge on any atom is 0.518 e. The van der Waals surface area contributed by atoms with Gasteiger partial charge in [-0.15, -0.1) is 9.63 Å². The molecule has 0 aliphatic carbocycles. The number of alkyl halides is 3. The van der Waals surface area contributed by atoms with Crippen molar-refractivity contribution in [1.29, 1.82) is 0 Å². The summed E-state index contributed by atoms with van der Waals surface area (Å²) in [5, 5.41) is 5.77. The molecule has 9 nitrogen and oxygen atoms in total. The summed E-state index contributed by atoms with van der Waals surface area (Å²) in [4.78, 5) is 17.4. The number of rotatable bonds is 9. The van der Waals surface area contributed by atoms with Crippen molar-refractivity contribution in [2.24, 2.45) is 0 Å². The summed E-state index contributed by atoms with van der Waals surface area (Å²) < 4.78 is 90.4. The van der Waals surface area contributed by atoms with Crippen LogP contribution in [0.25, 0.3) is 54.9 Å². The largest absolute Gasteiger partial charge is 0.518 e. The molecule has 16 heteroatoms. The fourth-order valence-corrected chi connectivity index (χ4v) is 14.3. The molecule has 0 amide bonds. The predicted molar refractivity (Wildman–Crippen MR) is 216 cm³/mol. The minimum atomic E-state index is -5.97. The van der Waals surface area contributed by atoms with Crippen molar-refractivity contribution < 1.29 is 30.7 Å². The van der Waals surface area contributed by atoms with Gasteiger partial charge in [0, 0.05) is 27.9 Å². The van der Waals surface area contributed by atoms with E-state index in [4.69, 9.17) is 14.7 Å². The van der Waals surface area contributed by atoms with Crippen molar-refractivity contribution in [3.05, 3.63) is 83.9 Å². The van der Waals surface area contributed by atoms with Crippen LogP contribution >= 0.6 is 11.8 Å². The molecule has 0 atom stereocenters. The van der Waals surface area contributed by atoms with Crippen LogP contribution in [0.2, 0.25) is 16.6 Å². The van der Waals surface area contributed by atoms with Crippen LogP contribution < -0.4 is 4.74 Å². The Hall–Kier alpha value is -4.98. The van der Waals surface area contributed by atoms with Gasteiger partial charge in [0.1, 0.15) is 26.1 Å². The lowest BCUT2D eigenvalue weighted by Crippen LogP contribution is -2.43. The molecule has 3 aromatic carbocycles. The SMILES string of the molecule is CSc1nc(OCc2ccccc2)c2c(n1)[nH]c1c(-c3c4cnn(S(=O)(=O)C(F)(F)F)c4cc4ccc(F)c(C#C[Si](C(C)C)(C(C)C)C(C)C)c34)nccc12. The van der Waals surface area contributed by atoms with E-state index in [1.54, 1.807) is 6.07 Å². The van der Waals surface area contributed by atoms with Gasteiger partial charge in [0.25, 0.3) is 0 Å². The normalized spacial score (nSPS) is 12.8. The van der Waals surface area contributed by atoms with Gasteiger partial charge in [-0.2, -0.15) is 31.7 Å². The van der Waals surface area contributed by atoms with Crippen LogP contribution in [-0.2, 0) is 16.6 Å². The number of hydrogen-bond donors (Lipinski definition) is 1. The fourth-order valence-electron chi connectivity index (χ4n) is 7.97. The van der Waals surface area contributed by atoms with Crippen molar-refractivity contribution in [3.8, 4) is 28.6 Å². The quantitative estimate of drug-likeness (QED) is 0.0503. The molecular weight excluding hydrogens is 781 g/mol. The molecule has 0 radical (unpaired) electrons. The lowest BCUT2D eigenvalue weighted by Gasteiger charge is -2.38. The molecular formula is C40H38F4N6O3S2Si. The van der Waals surface area contributed by atoms with Crippen LogP contribution in [0.3, 0.4) is 0 Å². The van der Waals surface area contributed by atoms with E-state index < -0.39 is 29.4 Å². The number of H-pyrrole nitrogens is 1. The first-order chi connectivity index (χ1) is 26.5. The summed E-state index contributed by atoms with van der Waals surface area (Å²) >= 11 is 1.31. The molecule has 0 spiro atoms. The van der Waals surface area contributed by atoms with Crippen LogP contribution in [0.1, 0.15) is 52.7 Å². The fraction of sp³-hybridized carbons (Fsp3) is 0.300. The van der Waals surface area contributed by atoms with Crippen molar-refractivity contribution in [2.75, 3.05) is 6.26 Å². The number of thioether (sulfide) groups is 1. The molecule has 0 aliphatic rings. The van der Waals surface area contributed by atoms with E-state index in [1.165, 1.54) is 36.2 Å². The number of nitrogens with zero attached hydrogens (tertiary/aromatic N) is 5. The third-order valence-corrected chi connectivity index (χ3v) is 18.7. The van der Waals surface area contributed by atoms with E-state index in [-0.39, 0.29) is 71.7 Å². The first-order valence-corrected chi connectivity index (χ1v) is 22.8. The number of benzene rings is 3. The van der Waals surface area contributed by atoms with E-state index in [2.05, 4.69) is 68.1 Å². The highest BCUT2D eigenvalue weighted by molar-refractivity contribution is 7.98. The van der Waals surface area contributed by atoms with Gasteiger partial charge in [-0.25, -0.2) is 9.37 Å². The highest BCUT2D eigenvalue weighted by Crippen LogP contribution is 2.45. The van der Waals surface area contributed by atoms with E-state index in [9.17, 15) is 21.6 Å². The molecule has 0 bridgehead atoms. The average Bonchev–Trinajstić information content (AvgIpc) is 3.75.